The average molecular weight is 308 g/mol. The van der Waals surface area contributed by atoms with E-state index in [1.807, 2.05) is 24.6 Å². The van der Waals surface area contributed by atoms with Crippen LogP contribution in [-0.4, -0.2) is 35.1 Å². The number of nitrogens with zero attached hydrogens (tertiary/aromatic N) is 5. The van der Waals surface area contributed by atoms with Crippen LogP contribution < -0.4 is 0 Å². The van der Waals surface area contributed by atoms with Gasteiger partial charge in [-0.2, -0.15) is 5.10 Å². The van der Waals surface area contributed by atoms with E-state index in [2.05, 4.69) is 25.4 Å². The van der Waals surface area contributed by atoms with E-state index in [1.165, 1.54) is 11.8 Å². The predicted octanol–water partition coefficient (Wildman–Crippen LogP) is 1.45. The third-order valence-electron chi connectivity index (χ3n) is 2.68. The van der Waals surface area contributed by atoms with E-state index in [1.54, 1.807) is 15.9 Å². The fraction of sp³-hybridized carbons (Fsp3) is 0.273. The van der Waals surface area contributed by atoms with Crippen molar-refractivity contribution in [1.29, 1.82) is 0 Å². The van der Waals surface area contributed by atoms with Gasteiger partial charge in [-0.15, -0.1) is 21.5 Å². The summed E-state index contributed by atoms with van der Waals surface area (Å²) in [5, 5.41) is 26.8. The molecule has 0 saturated carbocycles. The van der Waals surface area contributed by atoms with Crippen molar-refractivity contribution >= 4 is 23.1 Å². The van der Waals surface area contributed by atoms with Crippen LogP contribution in [0.25, 0.3) is 10.7 Å². The lowest BCUT2D eigenvalue weighted by Gasteiger charge is -1.99. The van der Waals surface area contributed by atoms with Gasteiger partial charge in [-0.05, 0) is 11.4 Å². The minimum absolute atomic E-state index is 0.116. The van der Waals surface area contributed by atoms with Crippen LogP contribution in [0, 0.1) is 0 Å². The molecule has 0 bridgehead atoms. The van der Waals surface area contributed by atoms with Crippen molar-refractivity contribution in [1.82, 2.24) is 29.9 Å². The van der Waals surface area contributed by atoms with Gasteiger partial charge in [0.1, 0.15) is 12.4 Å². The number of rotatable bonds is 5. The Morgan fingerprint density at radius 3 is 3.05 bits per heavy atom. The number of aromatic amines is 1. The van der Waals surface area contributed by atoms with Gasteiger partial charge in [-0.1, -0.05) is 17.8 Å². The van der Waals surface area contributed by atoms with E-state index in [9.17, 15) is 0 Å². The number of aliphatic hydroxyl groups is 1. The Morgan fingerprint density at radius 1 is 1.45 bits per heavy atom. The molecule has 20 heavy (non-hydrogen) atoms. The summed E-state index contributed by atoms with van der Waals surface area (Å²) in [6.45, 7) is -0.116. The lowest BCUT2D eigenvalue weighted by atomic mass is 10.4. The highest BCUT2D eigenvalue weighted by molar-refractivity contribution is 7.98. The monoisotopic (exact) mass is 308 g/mol. The Kier molecular flexibility index (Phi) is 3.81. The van der Waals surface area contributed by atoms with E-state index < -0.39 is 0 Å². The number of hydrogen-bond acceptors (Lipinski definition) is 7. The lowest BCUT2D eigenvalue weighted by molar-refractivity contribution is 0.266. The molecule has 0 aliphatic carbocycles. The van der Waals surface area contributed by atoms with Crippen molar-refractivity contribution in [2.24, 2.45) is 7.05 Å². The molecule has 0 aromatic carbocycles. The molecule has 0 aliphatic heterocycles. The molecule has 9 heteroatoms. The first kappa shape index (κ1) is 13.3. The molecule has 2 N–H and O–H groups in total. The van der Waals surface area contributed by atoms with Crippen LogP contribution in [0.1, 0.15) is 11.6 Å². The first-order valence-corrected chi connectivity index (χ1v) is 7.71. The number of nitrogens with one attached hydrogen (secondary N) is 1. The van der Waals surface area contributed by atoms with Gasteiger partial charge >= 0.3 is 0 Å². The molecule has 0 spiro atoms. The number of hydrogen-bond donors (Lipinski definition) is 2. The quantitative estimate of drug-likeness (QED) is 0.693. The van der Waals surface area contributed by atoms with E-state index in [-0.39, 0.29) is 6.61 Å². The van der Waals surface area contributed by atoms with Gasteiger partial charge in [0.25, 0.3) is 0 Å². The fourth-order valence-corrected chi connectivity index (χ4v) is 3.07. The standard InChI is InChI=1S/C11H12N6OS2/c1-17-9(5-18)14-16-11(17)20-6-8-12-10(15-13-8)7-3-2-4-19-7/h2-4,18H,5-6H2,1H3,(H,12,13,15). The molecular formula is C11H12N6OS2. The SMILES string of the molecule is Cn1c(CO)nnc1SCc1nc(-c2cccs2)n[nH]1. The largest absolute Gasteiger partial charge is 0.388 e. The van der Waals surface area contributed by atoms with Crippen molar-refractivity contribution in [3.8, 4) is 10.7 Å². The molecule has 0 fully saturated rings. The molecular weight excluding hydrogens is 296 g/mol. The van der Waals surface area contributed by atoms with Crippen molar-refractivity contribution in [2.75, 3.05) is 0 Å². The normalized spacial score (nSPS) is 11.1. The van der Waals surface area contributed by atoms with Gasteiger partial charge in [-0.3, -0.25) is 5.10 Å². The molecule has 0 atom stereocenters. The fourth-order valence-electron chi connectivity index (χ4n) is 1.62. The summed E-state index contributed by atoms with van der Waals surface area (Å²) in [6.07, 6.45) is 0. The van der Waals surface area contributed by atoms with Gasteiger partial charge < -0.3 is 9.67 Å². The molecule has 3 aromatic rings. The highest BCUT2D eigenvalue weighted by Gasteiger charge is 2.11. The van der Waals surface area contributed by atoms with Gasteiger partial charge in [0, 0.05) is 7.05 Å². The van der Waals surface area contributed by atoms with Crippen molar-refractivity contribution in [3.63, 3.8) is 0 Å². The summed E-state index contributed by atoms with van der Waals surface area (Å²) in [4.78, 5) is 5.48. The third kappa shape index (κ3) is 2.60. The van der Waals surface area contributed by atoms with Crippen LogP contribution in [0.4, 0.5) is 0 Å². The molecule has 3 aromatic heterocycles. The zero-order chi connectivity index (χ0) is 13.9. The maximum Gasteiger partial charge on any atom is 0.191 e. The van der Waals surface area contributed by atoms with Crippen LogP contribution in [0.2, 0.25) is 0 Å². The predicted molar refractivity (Wildman–Crippen MR) is 76.2 cm³/mol. The van der Waals surface area contributed by atoms with E-state index in [4.69, 9.17) is 5.11 Å². The Morgan fingerprint density at radius 2 is 2.35 bits per heavy atom. The Hall–Kier alpha value is -1.71. The zero-order valence-electron chi connectivity index (χ0n) is 10.6. The summed E-state index contributed by atoms with van der Waals surface area (Å²) in [5.74, 6) is 2.66. The summed E-state index contributed by atoms with van der Waals surface area (Å²) < 4.78 is 1.77. The highest BCUT2D eigenvalue weighted by atomic mass is 32.2. The topological polar surface area (TPSA) is 92.5 Å². The van der Waals surface area contributed by atoms with E-state index in [0.717, 1.165) is 15.9 Å². The van der Waals surface area contributed by atoms with Crippen molar-refractivity contribution in [2.45, 2.75) is 17.5 Å². The molecule has 104 valence electrons. The van der Waals surface area contributed by atoms with Crippen molar-refractivity contribution < 1.29 is 5.11 Å². The Balaban J connectivity index is 1.68. The summed E-state index contributed by atoms with van der Waals surface area (Å²) >= 11 is 3.10. The number of aliphatic hydroxyl groups excluding tert-OH is 1. The number of aromatic nitrogens is 6. The van der Waals surface area contributed by atoms with E-state index >= 15 is 0 Å². The van der Waals surface area contributed by atoms with Gasteiger partial charge in [-0.25, -0.2) is 4.98 Å². The first-order valence-electron chi connectivity index (χ1n) is 5.85. The second-order valence-corrected chi connectivity index (χ2v) is 5.88. The second-order valence-electron chi connectivity index (χ2n) is 3.99. The van der Waals surface area contributed by atoms with Crippen LogP contribution in [0.5, 0.6) is 0 Å². The van der Waals surface area contributed by atoms with Crippen molar-refractivity contribution in [3.05, 3.63) is 29.2 Å². The van der Waals surface area contributed by atoms with Gasteiger partial charge in [0.15, 0.2) is 16.8 Å². The number of thioether (sulfide) groups is 1. The second kappa shape index (κ2) is 5.73. The summed E-state index contributed by atoms with van der Waals surface area (Å²) in [7, 11) is 1.82. The summed E-state index contributed by atoms with van der Waals surface area (Å²) in [6, 6.07) is 3.96. The number of thiophene rings is 1. The maximum atomic E-state index is 9.07. The summed E-state index contributed by atoms with van der Waals surface area (Å²) in [5.41, 5.74) is 0. The van der Waals surface area contributed by atoms with Gasteiger partial charge in [0.05, 0.1) is 10.6 Å². The van der Waals surface area contributed by atoms with Crippen LogP contribution in [0.15, 0.2) is 22.7 Å². The smallest absolute Gasteiger partial charge is 0.191 e. The molecule has 0 aliphatic rings. The third-order valence-corrected chi connectivity index (χ3v) is 4.58. The van der Waals surface area contributed by atoms with Gasteiger partial charge in [0.2, 0.25) is 0 Å². The minimum atomic E-state index is -0.116. The number of H-pyrrole nitrogens is 1. The molecule has 0 unspecified atom stereocenters. The molecule has 3 heterocycles. The molecule has 0 amide bonds. The van der Waals surface area contributed by atoms with Crippen LogP contribution in [0.3, 0.4) is 0 Å². The van der Waals surface area contributed by atoms with Crippen LogP contribution >= 0.6 is 23.1 Å². The molecule has 7 nitrogen and oxygen atoms in total. The molecule has 0 saturated heterocycles. The van der Waals surface area contributed by atoms with E-state index in [0.29, 0.717) is 17.4 Å². The molecule has 0 radical (unpaired) electrons. The molecule has 3 rings (SSSR count). The zero-order valence-corrected chi connectivity index (χ0v) is 12.3. The minimum Gasteiger partial charge on any atom is -0.388 e. The maximum absolute atomic E-state index is 9.07. The lowest BCUT2D eigenvalue weighted by Crippen LogP contribution is -1.98. The first-order chi connectivity index (χ1) is 9.78. The average Bonchev–Trinajstić information content (AvgIpc) is 3.17. The Labute approximate surface area is 123 Å². The Bertz CT molecular complexity index is 690. The highest BCUT2D eigenvalue weighted by Crippen LogP contribution is 2.23. The van der Waals surface area contributed by atoms with Crippen LogP contribution in [-0.2, 0) is 19.4 Å².